The highest BCUT2D eigenvalue weighted by Crippen LogP contribution is 2.15. The maximum atomic E-state index is 11.2. The van der Waals surface area contributed by atoms with Gasteiger partial charge in [-0.15, -0.1) is 0 Å². The third kappa shape index (κ3) is 3.83. The molecule has 0 saturated heterocycles. The highest BCUT2D eigenvalue weighted by atomic mass is 32.2. The summed E-state index contributed by atoms with van der Waals surface area (Å²) in [6.45, 7) is 3.60. The predicted molar refractivity (Wildman–Crippen MR) is 64.7 cm³/mol. The number of benzene rings is 1. The van der Waals surface area contributed by atoms with Crippen molar-refractivity contribution in [1.82, 2.24) is 5.32 Å². The van der Waals surface area contributed by atoms with E-state index in [2.05, 4.69) is 5.32 Å². The van der Waals surface area contributed by atoms with E-state index in [4.69, 9.17) is 5.14 Å². The number of primary sulfonamides is 1. The van der Waals surface area contributed by atoms with E-state index in [1.807, 2.05) is 6.92 Å². The minimum absolute atomic E-state index is 0.0481. The Labute approximate surface area is 101 Å². The van der Waals surface area contributed by atoms with E-state index in [-0.39, 0.29) is 16.8 Å². The second-order valence-electron chi connectivity index (χ2n) is 3.76. The number of sulfonamides is 1. The van der Waals surface area contributed by atoms with Crippen LogP contribution >= 0.6 is 0 Å². The van der Waals surface area contributed by atoms with Crippen molar-refractivity contribution < 1.29 is 13.2 Å². The van der Waals surface area contributed by atoms with Gasteiger partial charge in [-0.1, -0.05) is 19.1 Å². The summed E-state index contributed by atoms with van der Waals surface area (Å²) in [4.78, 5) is 11.3. The van der Waals surface area contributed by atoms with Crippen LogP contribution in [0, 0.1) is 0 Å². The van der Waals surface area contributed by atoms with E-state index in [9.17, 15) is 13.2 Å². The normalized spacial score (nSPS) is 13.1. The molecule has 1 aromatic carbocycles. The van der Waals surface area contributed by atoms with Gasteiger partial charge in [-0.05, 0) is 24.6 Å². The third-order valence-electron chi connectivity index (χ3n) is 2.41. The number of rotatable bonds is 4. The number of hydrogen-bond donors (Lipinski definition) is 2. The lowest BCUT2D eigenvalue weighted by atomic mass is 10.1. The summed E-state index contributed by atoms with van der Waals surface area (Å²) in [5, 5.41) is 7.77. The molecule has 0 heterocycles. The molecular weight excluding hydrogens is 240 g/mol. The van der Waals surface area contributed by atoms with Crippen molar-refractivity contribution in [2.75, 3.05) is 0 Å². The van der Waals surface area contributed by atoms with Crippen molar-refractivity contribution in [3.05, 3.63) is 29.8 Å². The Morgan fingerprint density at radius 2 is 1.88 bits per heavy atom. The Kier molecular flexibility index (Phi) is 4.25. The van der Waals surface area contributed by atoms with E-state index in [1.165, 1.54) is 12.1 Å². The number of nitrogens with two attached hydrogens (primary N) is 1. The highest BCUT2D eigenvalue weighted by molar-refractivity contribution is 7.89. The van der Waals surface area contributed by atoms with Gasteiger partial charge in [-0.25, -0.2) is 13.6 Å². The van der Waals surface area contributed by atoms with Gasteiger partial charge in [-0.2, -0.15) is 0 Å². The maximum absolute atomic E-state index is 11.2. The molecule has 0 spiro atoms. The Bertz CT molecular complexity index is 494. The molecule has 3 N–H and O–H groups in total. The zero-order valence-corrected chi connectivity index (χ0v) is 10.6. The van der Waals surface area contributed by atoms with Crippen LogP contribution in [0.4, 0.5) is 0 Å². The van der Waals surface area contributed by atoms with Gasteiger partial charge >= 0.3 is 0 Å². The number of nitrogens with one attached hydrogen (secondary N) is 1. The van der Waals surface area contributed by atoms with Crippen LogP contribution < -0.4 is 10.5 Å². The average molecular weight is 256 g/mol. The summed E-state index contributed by atoms with van der Waals surface area (Å²) in [6, 6.07) is 5.98. The Hall–Kier alpha value is -1.40. The molecule has 0 bridgehead atoms. The second kappa shape index (κ2) is 5.29. The van der Waals surface area contributed by atoms with Crippen molar-refractivity contribution in [2.24, 2.45) is 5.14 Å². The topological polar surface area (TPSA) is 89.3 Å². The third-order valence-corrected chi connectivity index (χ3v) is 3.34. The first-order valence-electron chi connectivity index (χ1n) is 5.26. The van der Waals surface area contributed by atoms with Gasteiger partial charge in [-0.3, -0.25) is 4.79 Å². The summed E-state index contributed by atoms with van der Waals surface area (Å²) in [5.74, 6) is -0.0481. The fraction of sp³-hybridized carbons (Fsp3) is 0.364. The lowest BCUT2D eigenvalue weighted by Crippen LogP contribution is -2.25. The number of carbonyl (C=O) groups is 1. The number of amides is 1. The first-order chi connectivity index (χ1) is 7.84. The molecule has 0 fully saturated rings. The zero-order chi connectivity index (χ0) is 13.1. The molecule has 1 atom stereocenters. The molecule has 1 amide bonds. The molecular formula is C11H16N2O3S. The lowest BCUT2D eigenvalue weighted by molar-refractivity contribution is -0.121. The molecule has 0 radical (unpaired) electrons. The summed E-state index contributed by atoms with van der Waals surface area (Å²) in [6.07, 6.45) is 0.416. The maximum Gasteiger partial charge on any atom is 0.238 e. The van der Waals surface area contributed by atoms with Crippen LogP contribution in [0.3, 0.4) is 0 Å². The van der Waals surface area contributed by atoms with Gasteiger partial charge in [0.15, 0.2) is 0 Å². The number of hydrogen-bond acceptors (Lipinski definition) is 3. The quantitative estimate of drug-likeness (QED) is 0.839. The molecule has 1 unspecified atom stereocenters. The second-order valence-corrected chi connectivity index (χ2v) is 5.32. The minimum Gasteiger partial charge on any atom is -0.350 e. The Morgan fingerprint density at radius 3 is 2.29 bits per heavy atom. The van der Waals surface area contributed by atoms with E-state index in [0.29, 0.717) is 6.42 Å². The average Bonchev–Trinajstić information content (AvgIpc) is 2.27. The zero-order valence-electron chi connectivity index (χ0n) is 9.80. The first kappa shape index (κ1) is 13.7. The SMILES string of the molecule is CCC(=O)NC(C)c1ccc(S(N)(=O)=O)cc1. The van der Waals surface area contributed by atoms with Crippen LogP contribution in [0.2, 0.25) is 0 Å². The van der Waals surface area contributed by atoms with Crippen LogP contribution in [0.5, 0.6) is 0 Å². The standard InChI is InChI=1S/C11H16N2O3S/c1-3-11(14)13-8(2)9-4-6-10(7-5-9)17(12,15)16/h4-8H,3H2,1-2H3,(H,13,14)(H2,12,15,16). The van der Waals surface area contributed by atoms with Gasteiger partial charge in [0.1, 0.15) is 0 Å². The first-order valence-corrected chi connectivity index (χ1v) is 6.81. The minimum atomic E-state index is -3.66. The van der Waals surface area contributed by atoms with Crippen LogP contribution in [-0.2, 0) is 14.8 Å². The molecule has 94 valence electrons. The van der Waals surface area contributed by atoms with Crippen LogP contribution in [0.15, 0.2) is 29.2 Å². The van der Waals surface area contributed by atoms with Gasteiger partial charge in [0.05, 0.1) is 10.9 Å². The molecule has 0 aliphatic rings. The monoisotopic (exact) mass is 256 g/mol. The van der Waals surface area contributed by atoms with Gasteiger partial charge in [0.2, 0.25) is 15.9 Å². The van der Waals surface area contributed by atoms with Crippen molar-refractivity contribution in [1.29, 1.82) is 0 Å². The van der Waals surface area contributed by atoms with E-state index in [0.717, 1.165) is 5.56 Å². The Balaban J connectivity index is 2.84. The molecule has 0 saturated carbocycles. The molecule has 6 heteroatoms. The molecule has 0 aromatic heterocycles. The van der Waals surface area contributed by atoms with Crippen molar-refractivity contribution >= 4 is 15.9 Å². The molecule has 5 nitrogen and oxygen atoms in total. The summed E-state index contributed by atoms with van der Waals surface area (Å²) in [7, 11) is -3.66. The smallest absolute Gasteiger partial charge is 0.238 e. The Morgan fingerprint density at radius 1 is 1.35 bits per heavy atom. The van der Waals surface area contributed by atoms with Crippen molar-refractivity contribution in [3.63, 3.8) is 0 Å². The van der Waals surface area contributed by atoms with E-state index in [1.54, 1.807) is 19.1 Å². The van der Waals surface area contributed by atoms with Gasteiger partial charge in [0, 0.05) is 6.42 Å². The molecule has 0 aliphatic carbocycles. The van der Waals surface area contributed by atoms with E-state index >= 15 is 0 Å². The van der Waals surface area contributed by atoms with Gasteiger partial charge < -0.3 is 5.32 Å². The van der Waals surface area contributed by atoms with Gasteiger partial charge in [0.25, 0.3) is 0 Å². The fourth-order valence-electron chi connectivity index (χ4n) is 1.37. The molecule has 1 aromatic rings. The van der Waals surface area contributed by atoms with Crippen molar-refractivity contribution in [2.45, 2.75) is 31.2 Å². The summed E-state index contributed by atoms with van der Waals surface area (Å²) in [5.41, 5.74) is 0.833. The number of carbonyl (C=O) groups excluding carboxylic acids is 1. The summed E-state index contributed by atoms with van der Waals surface area (Å²) < 4.78 is 22.1. The van der Waals surface area contributed by atoms with Crippen molar-refractivity contribution in [3.8, 4) is 0 Å². The molecule has 1 rings (SSSR count). The molecule has 0 aliphatic heterocycles. The molecule has 17 heavy (non-hydrogen) atoms. The van der Waals surface area contributed by atoms with Crippen LogP contribution in [0.1, 0.15) is 31.9 Å². The highest BCUT2D eigenvalue weighted by Gasteiger charge is 2.10. The van der Waals surface area contributed by atoms with Crippen LogP contribution in [-0.4, -0.2) is 14.3 Å². The fourth-order valence-corrected chi connectivity index (χ4v) is 1.89. The predicted octanol–water partition coefficient (Wildman–Crippen LogP) is 0.921. The lowest BCUT2D eigenvalue weighted by Gasteiger charge is -2.13. The van der Waals surface area contributed by atoms with Crippen LogP contribution in [0.25, 0.3) is 0 Å². The van der Waals surface area contributed by atoms with E-state index < -0.39 is 10.0 Å². The summed E-state index contributed by atoms with van der Waals surface area (Å²) >= 11 is 0. The largest absolute Gasteiger partial charge is 0.350 e.